The third-order valence-electron chi connectivity index (χ3n) is 3.31. The number of esters is 1. The zero-order valence-corrected chi connectivity index (χ0v) is 13.3. The van der Waals surface area contributed by atoms with Gasteiger partial charge in [0.15, 0.2) is 0 Å². The number of benzene rings is 1. The smallest absolute Gasteiger partial charge is 0.329 e. The maximum Gasteiger partial charge on any atom is 0.329 e. The fraction of sp³-hybridized carbons (Fsp3) is 0.500. The molecule has 4 nitrogen and oxygen atoms in total. The van der Waals surface area contributed by atoms with Crippen LogP contribution in [0, 0.1) is 0 Å². The summed E-state index contributed by atoms with van der Waals surface area (Å²) in [5, 5.41) is 0.597. The van der Waals surface area contributed by atoms with Gasteiger partial charge in [0.25, 0.3) is 0 Å². The topological polar surface area (TPSA) is 46.6 Å². The summed E-state index contributed by atoms with van der Waals surface area (Å²) in [4.78, 5) is 25.9. The van der Waals surface area contributed by atoms with Crippen molar-refractivity contribution in [2.45, 2.75) is 51.8 Å². The van der Waals surface area contributed by atoms with E-state index in [0.717, 1.165) is 5.56 Å². The van der Waals surface area contributed by atoms with E-state index in [-0.39, 0.29) is 11.9 Å². The Bertz CT molecular complexity index is 551. The first-order chi connectivity index (χ1) is 9.78. The van der Waals surface area contributed by atoms with Crippen molar-refractivity contribution < 1.29 is 14.3 Å². The number of rotatable bonds is 3. The molecule has 1 aliphatic rings. The van der Waals surface area contributed by atoms with Crippen molar-refractivity contribution >= 4 is 23.5 Å². The molecule has 1 amide bonds. The number of hydrogen-bond donors (Lipinski definition) is 0. The Morgan fingerprint density at radius 3 is 2.67 bits per heavy atom. The van der Waals surface area contributed by atoms with Gasteiger partial charge in [0.2, 0.25) is 5.91 Å². The van der Waals surface area contributed by atoms with Gasteiger partial charge >= 0.3 is 5.97 Å². The van der Waals surface area contributed by atoms with Crippen molar-refractivity contribution in [3.05, 3.63) is 34.9 Å². The van der Waals surface area contributed by atoms with Crippen molar-refractivity contribution in [2.75, 3.05) is 0 Å². The first-order valence-corrected chi connectivity index (χ1v) is 7.41. The van der Waals surface area contributed by atoms with Crippen LogP contribution in [0.2, 0.25) is 5.02 Å². The Kier molecular flexibility index (Phi) is 4.57. The van der Waals surface area contributed by atoms with Crippen LogP contribution in [0.3, 0.4) is 0 Å². The third kappa shape index (κ3) is 3.97. The number of hydrogen-bond acceptors (Lipinski definition) is 3. The maximum atomic E-state index is 12.2. The molecule has 5 heteroatoms. The molecule has 1 aromatic carbocycles. The Morgan fingerprint density at radius 1 is 1.38 bits per heavy atom. The summed E-state index contributed by atoms with van der Waals surface area (Å²) < 4.78 is 5.40. The number of nitrogens with zero attached hydrogens (tertiary/aromatic N) is 1. The summed E-state index contributed by atoms with van der Waals surface area (Å²) in [7, 11) is 0. The molecule has 2 rings (SSSR count). The first kappa shape index (κ1) is 15.8. The van der Waals surface area contributed by atoms with E-state index in [2.05, 4.69) is 0 Å². The van der Waals surface area contributed by atoms with Crippen LogP contribution in [0.4, 0.5) is 0 Å². The van der Waals surface area contributed by atoms with E-state index < -0.39 is 11.6 Å². The highest BCUT2D eigenvalue weighted by Gasteiger charge is 2.38. The largest absolute Gasteiger partial charge is 0.458 e. The van der Waals surface area contributed by atoms with Gasteiger partial charge in [-0.25, -0.2) is 4.79 Å². The minimum Gasteiger partial charge on any atom is -0.458 e. The number of halogens is 1. The molecule has 114 valence electrons. The molecule has 1 heterocycles. The summed E-state index contributed by atoms with van der Waals surface area (Å²) >= 11 is 6.13. The van der Waals surface area contributed by atoms with E-state index in [1.807, 2.05) is 39.0 Å². The fourth-order valence-electron chi connectivity index (χ4n) is 2.36. The van der Waals surface area contributed by atoms with E-state index in [9.17, 15) is 9.59 Å². The minimum absolute atomic E-state index is 0.0363. The molecular weight excluding hydrogens is 290 g/mol. The van der Waals surface area contributed by atoms with E-state index in [1.54, 1.807) is 11.0 Å². The van der Waals surface area contributed by atoms with E-state index in [0.29, 0.717) is 24.4 Å². The summed E-state index contributed by atoms with van der Waals surface area (Å²) in [5.41, 5.74) is 0.279. The van der Waals surface area contributed by atoms with Gasteiger partial charge < -0.3 is 9.64 Å². The highest BCUT2D eigenvalue weighted by atomic mass is 35.5. The average Bonchev–Trinajstić information content (AvgIpc) is 2.72. The fourth-order valence-corrected chi connectivity index (χ4v) is 2.55. The number of carbonyl (C=O) groups is 2. The number of amides is 1. The highest BCUT2D eigenvalue weighted by Crippen LogP contribution is 2.26. The Hall–Kier alpha value is -1.55. The lowest BCUT2D eigenvalue weighted by Gasteiger charge is -2.27. The van der Waals surface area contributed by atoms with Crippen LogP contribution in [0.1, 0.15) is 39.2 Å². The highest BCUT2D eigenvalue weighted by molar-refractivity contribution is 6.31. The maximum absolute atomic E-state index is 12.2. The average molecular weight is 310 g/mol. The standard InChI is InChI=1S/C16H20ClNO3/c1-16(2,3)21-15(20)13-8-9-14(19)18(13)10-11-6-4-5-7-12(11)17/h4-7,13H,8-10H2,1-3H3/t13-/m0/s1. The normalized spacial score (nSPS) is 19.0. The first-order valence-electron chi connectivity index (χ1n) is 7.03. The van der Waals surface area contributed by atoms with Crippen LogP contribution < -0.4 is 0 Å². The van der Waals surface area contributed by atoms with Crippen molar-refractivity contribution in [2.24, 2.45) is 0 Å². The lowest BCUT2D eigenvalue weighted by Crippen LogP contribution is -2.41. The molecule has 0 saturated carbocycles. The molecular formula is C16H20ClNO3. The van der Waals surface area contributed by atoms with Crippen molar-refractivity contribution in [3.8, 4) is 0 Å². The Morgan fingerprint density at radius 2 is 2.05 bits per heavy atom. The van der Waals surface area contributed by atoms with Crippen LogP contribution in [-0.4, -0.2) is 28.4 Å². The number of carbonyl (C=O) groups excluding carboxylic acids is 2. The van der Waals surface area contributed by atoms with Gasteiger partial charge in [-0.05, 0) is 38.8 Å². The lowest BCUT2D eigenvalue weighted by molar-refractivity contribution is -0.162. The van der Waals surface area contributed by atoms with Gasteiger partial charge in [0.05, 0.1) is 0 Å². The molecule has 0 N–H and O–H groups in total. The quantitative estimate of drug-likeness (QED) is 0.806. The lowest BCUT2D eigenvalue weighted by atomic mass is 10.1. The van der Waals surface area contributed by atoms with Gasteiger partial charge in [0.1, 0.15) is 11.6 Å². The van der Waals surface area contributed by atoms with Crippen molar-refractivity contribution in [3.63, 3.8) is 0 Å². The second-order valence-corrected chi connectivity index (χ2v) is 6.61. The zero-order chi connectivity index (χ0) is 15.6. The SMILES string of the molecule is CC(C)(C)OC(=O)[C@@H]1CCC(=O)N1Cc1ccccc1Cl. The van der Waals surface area contributed by atoms with E-state index >= 15 is 0 Å². The summed E-state index contributed by atoms with van der Waals surface area (Å²) in [6, 6.07) is 6.82. The Balaban J connectivity index is 2.14. The molecule has 1 saturated heterocycles. The van der Waals surface area contributed by atoms with Crippen LogP contribution in [0.5, 0.6) is 0 Å². The summed E-state index contributed by atoms with van der Waals surface area (Å²) in [5.74, 6) is -0.383. The molecule has 0 unspecified atom stereocenters. The van der Waals surface area contributed by atoms with Crippen LogP contribution in [-0.2, 0) is 20.9 Å². The van der Waals surface area contributed by atoms with Crippen LogP contribution in [0.25, 0.3) is 0 Å². The van der Waals surface area contributed by atoms with Crippen LogP contribution >= 0.6 is 11.6 Å². The summed E-state index contributed by atoms with van der Waals surface area (Å²) in [6.07, 6.45) is 0.868. The predicted molar refractivity (Wildman–Crippen MR) is 80.9 cm³/mol. The molecule has 0 radical (unpaired) electrons. The molecule has 0 aromatic heterocycles. The second-order valence-electron chi connectivity index (χ2n) is 6.20. The molecule has 0 bridgehead atoms. The van der Waals surface area contributed by atoms with Gasteiger partial charge in [0, 0.05) is 18.0 Å². The van der Waals surface area contributed by atoms with Gasteiger partial charge in [-0.2, -0.15) is 0 Å². The van der Waals surface area contributed by atoms with Crippen molar-refractivity contribution in [1.82, 2.24) is 4.90 Å². The molecule has 0 aliphatic carbocycles. The third-order valence-corrected chi connectivity index (χ3v) is 3.67. The Labute approximate surface area is 130 Å². The van der Waals surface area contributed by atoms with E-state index in [1.165, 1.54) is 0 Å². The van der Waals surface area contributed by atoms with Gasteiger partial charge in [-0.1, -0.05) is 29.8 Å². The summed E-state index contributed by atoms with van der Waals surface area (Å²) in [6.45, 7) is 5.79. The van der Waals surface area contributed by atoms with Gasteiger partial charge in [-0.3, -0.25) is 4.79 Å². The van der Waals surface area contributed by atoms with Crippen LogP contribution in [0.15, 0.2) is 24.3 Å². The predicted octanol–water partition coefficient (Wildman–Crippen LogP) is 3.17. The molecule has 1 aliphatic heterocycles. The van der Waals surface area contributed by atoms with E-state index in [4.69, 9.17) is 16.3 Å². The molecule has 21 heavy (non-hydrogen) atoms. The second kappa shape index (κ2) is 6.06. The molecule has 1 aromatic rings. The zero-order valence-electron chi connectivity index (χ0n) is 12.6. The molecule has 1 atom stereocenters. The monoisotopic (exact) mass is 309 g/mol. The number of ether oxygens (including phenoxy) is 1. The van der Waals surface area contributed by atoms with Gasteiger partial charge in [-0.15, -0.1) is 0 Å². The van der Waals surface area contributed by atoms with Crippen molar-refractivity contribution in [1.29, 1.82) is 0 Å². The molecule has 0 spiro atoms. The minimum atomic E-state index is -0.557. The number of likely N-dealkylation sites (tertiary alicyclic amines) is 1. The molecule has 1 fully saturated rings.